The van der Waals surface area contributed by atoms with Crippen molar-refractivity contribution in [2.24, 2.45) is 0 Å². The van der Waals surface area contributed by atoms with E-state index in [4.69, 9.17) is 14.2 Å². The quantitative estimate of drug-likeness (QED) is 0.0929. The molecule has 3 aromatic carbocycles. The Morgan fingerprint density at radius 1 is 0.909 bits per heavy atom. The first kappa shape index (κ1) is 30.5. The summed E-state index contributed by atoms with van der Waals surface area (Å²) in [5.41, 5.74) is 3.34. The van der Waals surface area contributed by atoms with Gasteiger partial charge in [0.15, 0.2) is 5.13 Å². The number of thiazole rings is 1. The summed E-state index contributed by atoms with van der Waals surface area (Å²) in [6.45, 7) is 8.24. The number of aliphatic hydroxyl groups excluding tert-OH is 1. The molecule has 5 rings (SSSR count). The van der Waals surface area contributed by atoms with Gasteiger partial charge in [0.1, 0.15) is 28.7 Å². The number of ether oxygens (including phenoxy) is 3. The number of benzene rings is 3. The summed E-state index contributed by atoms with van der Waals surface area (Å²) in [5.74, 6) is -1.44. The largest absolute Gasteiger partial charge is 0.507 e. The van der Waals surface area contributed by atoms with E-state index in [0.717, 1.165) is 22.5 Å². The molecule has 10 heteroatoms. The van der Waals surface area contributed by atoms with E-state index in [1.165, 1.54) is 4.90 Å². The lowest BCUT2D eigenvalue weighted by molar-refractivity contribution is -0.132. The number of ketones is 1. The Morgan fingerprint density at radius 3 is 2.23 bits per heavy atom. The van der Waals surface area contributed by atoms with E-state index in [0.29, 0.717) is 41.5 Å². The summed E-state index contributed by atoms with van der Waals surface area (Å²) in [5, 5.41) is 11.7. The third-order valence-corrected chi connectivity index (χ3v) is 8.32. The number of anilines is 1. The number of aliphatic hydroxyl groups is 1. The highest BCUT2D eigenvalue weighted by Gasteiger charge is 2.48. The first-order valence-electron chi connectivity index (χ1n) is 14.2. The Labute approximate surface area is 259 Å². The maximum absolute atomic E-state index is 13.6. The molecule has 0 spiro atoms. The highest BCUT2D eigenvalue weighted by molar-refractivity contribution is 7.17. The Bertz CT molecular complexity index is 1730. The molecule has 226 valence electrons. The van der Waals surface area contributed by atoms with Crippen molar-refractivity contribution in [3.63, 3.8) is 0 Å². The second-order valence-electron chi connectivity index (χ2n) is 10.0. The fraction of sp³-hybridized carbons (Fsp3) is 0.235. The summed E-state index contributed by atoms with van der Waals surface area (Å²) in [7, 11) is 0. The van der Waals surface area contributed by atoms with E-state index in [1.54, 1.807) is 62.4 Å². The number of hydrogen-bond donors (Lipinski definition) is 1. The van der Waals surface area contributed by atoms with Crippen molar-refractivity contribution < 1.29 is 33.7 Å². The van der Waals surface area contributed by atoms with Crippen molar-refractivity contribution in [3.05, 3.63) is 111 Å². The molecule has 9 nitrogen and oxygen atoms in total. The molecule has 4 aromatic rings. The fourth-order valence-electron chi connectivity index (χ4n) is 4.93. The van der Waals surface area contributed by atoms with Gasteiger partial charge >= 0.3 is 11.9 Å². The highest BCUT2D eigenvalue weighted by Crippen LogP contribution is 2.44. The molecule has 1 fully saturated rings. The number of hydrogen-bond acceptors (Lipinski definition) is 9. The van der Waals surface area contributed by atoms with Crippen LogP contribution in [-0.2, 0) is 20.9 Å². The number of aryl methyl sites for hydroxylation is 2. The molecule has 1 atom stereocenters. The molecule has 1 amide bonds. The normalized spacial score (nSPS) is 15.8. The first-order valence-corrected chi connectivity index (χ1v) is 15.0. The van der Waals surface area contributed by atoms with Gasteiger partial charge in [-0.3, -0.25) is 14.5 Å². The number of nitrogens with zero attached hydrogens (tertiary/aromatic N) is 2. The van der Waals surface area contributed by atoms with Crippen LogP contribution in [-0.4, -0.2) is 41.0 Å². The molecule has 44 heavy (non-hydrogen) atoms. The van der Waals surface area contributed by atoms with Crippen molar-refractivity contribution in [2.75, 3.05) is 18.1 Å². The van der Waals surface area contributed by atoms with Crippen LogP contribution >= 0.6 is 11.3 Å². The molecule has 2 heterocycles. The minimum Gasteiger partial charge on any atom is -0.507 e. The summed E-state index contributed by atoms with van der Waals surface area (Å²) in [6.07, 6.45) is 0. The highest BCUT2D eigenvalue weighted by atomic mass is 32.1. The van der Waals surface area contributed by atoms with Crippen molar-refractivity contribution >= 4 is 39.9 Å². The van der Waals surface area contributed by atoms with Crippen LogP contribution in [0.5, 0.6) is 11.5 Å². The average molecular weight is 613 g/mol. The molecule has 1 aliphatic heterocycles. The van der Waals surface area contributed by atoms with E-state index >= 15 is 0 Å². The fourth-order valence-corrected chi connectivity index (χ4v) is 5.91. The zero-order valence-corrected chi connectivity index (χ0v) is 25.6. The molecule has 0 radical (unpaired) electrons. The van der Waals surface area contributed by atoms with Crippen molar-refractivity contribution in [1.29, 1.82) is 0 Å². The van der Waals surface area contributed by atoms with Gasteiger partial charge in [-0.1, -0.05) is 47.7 Å². The van der Waals surface area contributed by atoms with Gasteiger partial charge in [-0.15, -0.1) is 0 Å². The van der Waals surface area contributed by atoms with Gasteiger partial charge < -0.3 is 19.3 Å². The monoisotopic (exact) mass is 612 g/mol. The van der Waals surface area contributed by atoms with E-state index in [2.05, 4.69) is 4.98 Å². The number of carbonyl (C=O) groups is 3. The van der Waals surface area contributed by atoms with Crippen LogP contribution in [0, 0.1) is 13.8 Å². The van der Waals surface area contributed by atoms with E-state index in [9.17, 15) is 19.5 Å². The van der Waals surface area contributed by atoms with Gasteiger partial charge in [0.25, 0.3) is 5.78 Å². The van der Waals surface area contributed by atoms with Crippen LogP contribution in [0.2, 0.25) is 0 Å². The number of aromatic nitrogens is 1. The zero-order chi connectivity index (χ0) is 31.4. The van der Waals surface area contributed by atoms with Crippen LogP contribution in [0.1, 0.15) is 57.5 Å². The number of amides is 1. The predicted molar refractivity (Wildman–Crippen MR) is 167 cm³/mol. The first-order chi connectivity index (χ1) is 21.2. The van der Waals surface area contributed by atoms with Gasteiger partial charge in [-0.05, 0) is 80.8 Å². The maximum atomic E-state index is 13.6. The number of carbonyl (C=O) groups excluding carboxylic acids is 3. The number of rotatable bonds is 10. The molecule has 0 saturated carbocycles. The molecule has 0 bridgehead atoms. The van der Waals surface area contributed by atoms with Gasteiger partial charge in [0, 0.05) is 5.56 Å². The summed E-state index contributed by atoms with van der Waals surface area (Å²) >= 11 is 0.958. The van der Waals surface area contributed by atoms with Crippen LogP contribution in [0.3, 0.4) is 0 Å². The second-order valence-corrected chi connectivity index (χ2v) is 11.0. The third-order valence-electron chi connectivity index (χ3n) is 7.19. The van der Waals surface area contributed by atoms with E-state index < -0.39 is 23.7 Å². The summed E-state index contributed by atoms with van der Waals surface area (Å²) in [4.78, 5) is 45.6. The second kappa shape index (κ2) is 13.1. The smallest absolute Gasteiger partial charge is 0.350 e. The molecule has 1 unspecified atom stereocenters. The van der Waals surface area contributed by atoms with E-state index in [1.807, 2.05) is 38.1 Å². The maximum Gasteiger partial charge on any atom is 0.350 e. The van der Waals surface area contributed by atoms with E-state index in [-0.39, 0.29) is 27.9 Å². The van der Waals surface area contributed by atoms with Gasteiger partial charge in [0.2, 0.25) is 0 Å². The average Bonchev–Trinajstić information content (AvgIpc) is 3.53. The van der Waals surface area contributed by atoms with Crippen LogP contribution in [0.4, 0.5) is 5.13 Å². The van der Waals surface area contributed by atoms with Crippen LogP contribution in [0.15, 0.2) is 78.4 Å². The van der Waals surface area contributed by atoms with Crippen molar-refractivity contribution in [1.82, 2.24) is 4.98 Å². The predicted octanol–water partition coefficient (Wildman–Crippen LogP) is 6.54. The number of Topliss-reactive ketones (excluding diaryl/α,β-unsaturated/α-hetero) is 1. The summed E-state index contributed by atoms with van der Waals surface area (Å²) in [6, 6.07) is 20.5. The van der Waals surface area contributed by atoms with Crippen LogP contribution in [0.25, 0.3) is 5.76 Å². The van der Waals surface area contributed by atoms with Gasteiger partial charge in [0.05, 0.1) is 30.5 Å². The lowest BCUT2D eigenvalue weighted by Crippen LogP contribution is -2.29. The Balaban J connectivity index is 1.53. The molecule has 1 N–H and O–H groups in total. The van der Waals surface area contributed by atoms with Gasteiger partial charge in [-0.2, -0.15) is 0 Å². The Morgan fingerprint density at radius 2 is 1.57 bits per heavy atom. The lowest BCUT2D eigenvalue weighted by Gasteiger charge is -2.23. The topological polar surface area (TPSA) is 115 Å². The van der Waals surface area contributed by atoms with Gasteiger partial charge in [-0.25, -0.2) is 9.78 Å². The zero-order valence-electron chi connectivity index (χ0n) is 24.8. The molecular weight excluding hydrogens is 580 g/mol. The minimum atomic E-state index is -1.01. The minimum absolute atomic E-state index is 0.0988. The lowest BCUT2D eigenvalue weighted by atomic mass is 9.95. The molecular formula is C34H32N2O7S. The molecule has 1 aliphatic rings. The van der Waals surface area contributed by atoms with Crippen LogP contribution < -0.4 is 14.4 Å². The number of esters is 1. The summed E-state index contributed by atoms with van der Waals surface area (Å²) < 4.78 is 16.6. The van der Waals surface area contributed by atoms with Crippen molar-refractivity contribution in [2.45, 2.75) is 40.3 Å². The Kier molecular flexibility index (Phi) is 9.10. The standard InChI is InChI=1S/C34H32N2O7S/c1-5-41-25-15-11-22(12-16-25)28-27(30(38)32(39)36(28)34-35-21(4)31(44-34)33(40)42-6-2)29(37)23-13-17-26(18-14-23)43-19-24-10-8-7-9-20(24)3/h7-18,28,37H,5-6,19H2,1-4H3/b29-27+. The SMILES string of the molecule is CCOC(=O)c1sc(N2C(=O)C(=O)/C(=C(/O)c3ccc(OCc4ccccc4C)cc3)C2c2ccc(OCC)cc2)nc1C. The molecule has 1 saturated heterocycles. The third kappa shape index (κ3) is 6.07. The molecule has 1 aromatic heterocycles. The molecule has 0 aliphatic carbocycles. The van der Waals surface area contributed by atoms with Crippen molar-refractivity contribution in [3.8, 4) is 11.5 Å². The Hall–Kier alpha value is -4.96.